The molecule has 2 amide bonds. The van der Waals surface area contributed by atoms with Gasteiger partial charge in [0.05, 0.1) is 13.8 Å². The summed E-state index contributed by atoms with van der Waals surface area (Å²) in [4.78, 5) is 13.7. The van der Waals surface area contributed by atoms with Crippen molar-refractivity contribution in [2.45, 2.75) is 19.4 Å². The zero-order valence-electron chi connectivity index (χ0n) is 11.8. The second-order valence-electron chi connectivity index (χ2n) is 5.12. The van der Waals surface area contributed by atoms with Crippen LogP contribution in [0.15, 0.2) is 24.3 Å². The molecule has 0 aliphatic carbocycles. The number of methoxy groups -OCH3 is 1. The number of amides is 2. The molecule has 0 spiro atoms. The summed E-state index contributed by atoms with van der Waals surface area (Å²) in [6, 6.07) is 7.45. The molecule has 0 saturated carbocycles. The molecule has 5 heteroatoms. The Bertz CT molecular complexity index is 436. The molecule has 1 unspecified atom stereocenters. The quantitative estimate of drug-likeness (QED) is 0.921. The van der Waals surface area contributed by atoms with Crippen molar-refractivity contribution in [3.8, 4) is 5.75 Å². The van der Waals surface area contributed by atoms with E-state index in [1.165, 1.54) is 0 Å². The van der Waals surface area contributed by atoms with Crippen LogP contribution < -0.4 is 10.1 Å². The Morgan fingerprint density at radius 1 is 1.45 bits per heavy atom. The third kappa shape index (κ3) is 3.85. The van der Waals surface area contributed by atoms with Crippen molar-refractivity contribution in [3.05, 3.63) is 29.8 Å². The molecule has 1 fully saturated rings. The summed E-state index contributed by atoms with van der Waals surface area (Å²) in [6.45, 7) is 1.36. The fraction of sp³-hybridized carbons (Fsp3) is 0.533. The maximum atomic E-state index is 12.7. The van der Waals surface area contributed by atoms with Crippen molar-refractivity contribution in [2.24, 2.45) is 5.92 Å². The third-order valence-corrected chi connectivity index (χ3v) is 3.63. The van der Waals surface area contributed by atoms with Gasteiger partial charge in [-0.25, -0.2) is 4.79 Å². The van der Waals surface area contributed by atoms with Crippen LogP contribution in [-0.2, 0) is 6.54 Å². The first-order valence-electron chi connectivity index (χ1n) is 6.94. The lowest BCUT2D eigenvalue weighted by Gasteiger charge is -2.31. The number of benzene rings is 1. The van der Waals surface area contributed by atoms with Crippen LogP contribution in [0.4, 0.5) is 9.18 Å². The van der Waals surface area contributed by atoms with Crippen LogP contribution in [0.2, 0.25) is 0 Å². The Balaban J connectivity index is 1.81. The van der Waals surface area contributed by atoms with Gasteiger partial charge < -0.3 is 15.0 Å². The fourth-order valence-electron chi connectivity index (χ4n) is 2.41. The fourth-order valence-corrected chi connectivity index (χ4v) is 2.41. The maximum Gasteiger partial charge on any atom is 0.317 e. The van der Waals surface area contributed by atoms with Crippen molar-refractivity contribution in [1.29, 1.82) is 0 Å². The Morgan fingerprint density at radius 2 is 2.20 bits per heavy atom. The molecule has 110 valence electrons. The number of piperidine rings is 1. The molecule has 1 aliphatic rings. The van der Waals surface area contributed by atoms with Crippen LogP contribution in [0.3, 0.4) is 0 Å². The number of hydrogen-bond acceptors (Lipinski definition) is 2. The van der Waals surface area contributed by atoms with Crippen LogP contribution in [0.25, 0.3) is 0 Å². The van der Waals surface area contributed by atoms with Crippen LogP contribution in [0.5, 0.6) is 5.75 Å². The van der Waals surface area contributed by atoms with Crippen molar-refractivity contribution < 1.29 is 13.9 Å². The van der Waals surface area contributed by atoms with Crippen LogP contribution >= 0.6 is 0 Å². The van der Waals surface area contributed by atoms with Gasteiger partial charge in [0, 0.05) is 25.6 Å². The molecule has 1 saturated heterocycles. The van der Waals surface area contributed by atoms with Gasteiger partial charge in [0.1, 0.15) is 5.75 Å². The van der Waals surface area contributed by atoms with Gasteiger partial charge in [0.15, 0.2) is 0 Å². The molecule has 1 aliphatic heterocycles. The number of carbonyl (C=O) groups excluding carboxylic acids is 1. The largest absolute Gasteiger partial charge is 0.497 e. The minimum Gasteiger partial charge on any atom is -0.497 e. The highest BCUT2D eigenvalue weighted by molar-refractivity contribution is 5.74. The number of rotatable bonds is 4. The lowest BCUT2D eigenvalue weighted by atomic mass is 10.00. The highest BCUT2D eigenvalue weighted by atomic mass is 19.1. The molecule has 0 radical (unpaired) electrons. The first-order valence-corrected chi connectivity index (χ1v) is 6.94. The highest BCUT2D eigenvalue weighted by Crippen LogP contribution is 2.17. The van der Waals surface area contributed by atoms with Crippen LogP contribution in [-0.4, -0.2) is 37.8 Å². The predicted molar refractivity (Wildman–Crippen MR) is 75.5 cm³/mol. The van der Waals surface area contributed by atoms with E-state index >= 15 is 0 Å². The minimum atomic E-state index is -0.345. The number of nitrogens with one attached hydrogen (secondary N) is 1. The molecule has 1 aromatic rings. The lowest BCUT2D eigenvalue weighted by molar-refractivity contribution is 0.154. The zero-order chi connectivity index (χ0) is 14.4. The first kappa shape index (κ1) is 14.6. The van der Waals surface area contributed by atoms with Gasteiger partial charge in [-0.05, 0) is 30.5 Å². The summed E-state index contributed by atoms with van der Waals surface area (Å²) in [5.41, 5.74) is 1.01. The first-order chi connectivity index (χ1) is 9.72. The monoisotopic (exact) mass is 280 g/mol. The third-order valence-electron chi connectivity index (χ3n) is 3.63. The van der Waals surface area contributed by atoms with Gasteiger partial charge in [-0.15, -0.1) is 0 Å². The van der Waals surface area contributed by atoms with E-state index in [-0.39, 0.29) is 18.6 Å². The van der Waals surface area contributed by atoms with Gasteiger partial charge in [0.2, 0.25) is 0 Å². The van der Waals surface area contributed by atoms with Gasteiger partial charge in [-0.2, -0.15) is 0 Å². The van der Waals surface area contributed by atoms with E-state index in [4.69, 9.17) is 4.74 Å². The average Bonchev–Trinajstić information content (AvgIpc) is 2.53. The second kappa shape index (κ2) is 7.12. The van der Waals surface area contributed by atoms with Crippen LogP contribution in [0, 0.1) is 5.92 Å². The second-order valence-corrected chi connectivity index (χ2v) is 5.12. The van der Waals surface area contributed by atoms with Gasteiger partial charge in [0.25, 0.3) is 0 Å². The molecule has 1 heterocycles. The Morgan fingerprint density at radius 3 is 2.85 bits per heavy atom. The number of hydrogen-bond donors (Lipinski definition) is 1. The van der Waals surface area contributed by atoms with Crippen molar-refractivity contribution in [1.82, 2.24) is 10.2 Å². The normalized spacial score (nSPS) is 18.7. The molecule has 0 aromatic heterocycles. The molecule has 4 nitrogen and oxygen atoms in total. The summed E-state index contributed by atoms with van der Waals surface area (Å²) >= 11 is 0. The number of urea groups is 1. The van der Waals surface area contributed by atoms with E-state index < -0.39 is 0 Å². The van der Waals surface area contributed by atoms with E-state index in [1.807, 2.05) is 24.3 Å². The number of nitrogens with zero attached hydrogens (tertiary/aromatic N) is 1. The Kier molecular flexibility index (Phi) is 5.21. The SMILES string of the molecule is COc1ccc(CNC(=O)N2CCCC(CF)C2)cc1. The van der Waals surface area contributed by atoms with E-state index in [0.717, 1.165) is 24.2 Å². The lowest BCUT2D eigenvalue weighted by Crippen LogP contribution is -2.45. The highest BCUT2D eigenvalue weighted by Gasteiger charge is 2.23. The number of halogens is 1. The molecule has 2 rings (SSSR count). The smallest absolute Gasteiger partial charge is 0.317 e. The van der Waals surface area contributed by atoms with Crippen molar-refractivity contribution >= 4 is 6.03 Å². The van der Waals surface area contributed by atoms with Crippen molar-refractivity contribution in [2.75, 3.05) is 26.9 Å². The molecule has 0 bridgehead atoms. The summed E-state index contributed by atoms with van der Waals surface area (Å²) in [5, 5.41) is 2.87. The zero-order valence-corrected chi connectivity index (χ0v) is 11.8. The molecular formula is C15H21FN2O2. The van der Waals surface area contributed by atoms with E-state index in [2.05, 4.69) is 5.32 Å². The minimum absolute atomic E-state index is 0.00418. The summed E-state index contributed by atoms with van der Waals surface area (Å²) in [5.74, 6) is 0.789. The van der Waals surface area contributed by atoms with E-state index in [1.54, 1.807) is 12.0 Å². The predicted octanol–water partition coefficient (Wildman–Crippen LogP) is 2.59. The topological polar surface area (TPSA) is 41.6 Å². The average molecular weight is 280 g/mol. The van der Waals surface area contributed by atoms with E-state index in [9.17, 15) is 9.18 Å². The van der Waals surface area contributed by atoms with E-state index in [0.29, 0.717) is 19.6 Å². The number of alkyl halides is 1. The van der Waals surface area contributed by atoms with Gasteiger partial charge in [-0.3, -0.25) is 4.39 Å². The van der Waals surface area contributed by atoms with Crippen LogP contribution in [0.1, 0.15) is 18.4 Å². The molecular weight excluding hydrogens is 259 g/mol. The summed E-state index contributed by atoms with van der Waals surface area (Å²) in [7, 11) is 1.62. The number of ether oxygens (including phenoxy) is 1. The molecule has 1 aromatic carbocycles. The van der Waals surface area contributed by atoms with Crippen molar-refractivity contribution in [3.63, 3.8) is 0 Å². The number of carbonyl (C=O) groups is 1. The molecule has 1 N–H and O–H groups in total. The Hall–Kier alpha value is -1.78. The summed E-state index contributed by atoms with van der Waals surface area (Å²) in [6.07, 6.45) is 1.75. The molecule has 1 atom stereocenters. The standard InChI is InChI=1S/C15H21FN2O2/c1-20-14-6-4-12(5-7-14)10-17-15(19)18-8-2-3-13(9-16)11-18/h4-7,13H,2-3,8-11H2,1H3,(H,17,19). The maximum absolute atomic E-state index is 12.7. The number of likely N-dealkylation sites (tertiary alicyclic amines) is 1. The summed E-state index contributed by atoms with van der Waals surface area (Å²) < 4.78 is 17.8. The van der Waals surface area contributed by atoms with Gasteiger partial charge >= 0.3 is 6.03 Å². The van der Waals surface area contributed by atoms with Gasteiger partial charge in [-0.1, -0.05) is 12.1 Å². The molecule has 20 heavy (non-hydrogen) atoms. The Labute approximate surface area is 118 Å².